The summed E-state index contributed by atoms with van der Waals surface area (Å²) in [4.78, 5) is 11.9. The van der Waals surface area contributed by atoms with Gasteiger partial charge in [-0.1, -0.05) is 19.4 Å². The maximum atomic E-state index is 13.0. The molecule has 10 heteroatoms. The van der Waals surface area contributed by atoms with Crippen molar-refractivity contribution in [3.63, 3.8) is 0 Å². The maximum absolute atomic E-state index is 13.0. The first-order chi connectivity index (χ1) is 13.5. The topological polar surface area (TPSA) is 92.5 Å². The van der Waals surface area contributed by atoms with Crippen LogP contribution in [0.4, 0.5) is 13.2 Å². The van der Waals surface area contributed by atoms with Crippen LogP contribution in [0.15, 0.2) is 29.2 Å². The Hall–Kier alpha value is -1.65. The lowest BCUT2D eigenvalue weighted by atomic mass is 9.97. The molecule has 162 valence electrons. The van der Waals surface area contributed by atoms with E-state index in [1.54, 1.807) is 0 Å². The number of hydrogen-bond acceptors (Lipinski definition) is 4. The van der Waals surface area contributed by atoms with Crippen molar-refractivity contribution in [1.82, 2.24) is 9.62 Å². The lowest BCUT2D eigenvalue weighted by molar-refractivity contribution is -0.137. The number of hydrogen-bond donors (Lipinski definition) is 2. The third-order valence-electron chi connectivity index (χ3n) is 5.89. The van der Waals surface area contributed by atoms with Crippen LogP contribution >= 0.6 is 0 Å². The van der Waals surface area contributed by atoms with Crippen molar-refractivity contribution in [2.75, 3.05) is 13.1 Å². The monoisotopic (exact) mass is 433 g/mol. The van der Waals surface area contributed by atoms with Crippen LogP contribution in [-0.4, -0.2) is 43.8 Å². The molecule has 1 saturated heterocycles. The molecule has 4 atom stereocenters. The van der Waals surface area contributed by atoms with Crippen molar-refractivity contribution < 1.29 is 26.4 Å². The Morgan fingerprint density at radius 1 is 1.31 bits per heavy atom. The molecular weight excluding hydrogens is 407 g/mol. The Labute approximate surface area is 168 Å². The van der Waals surface area contributed by atoms with Crippen LogP contribution in [0.2, 0.25) is 0 Å². The van der Waals surface area contributed by atoms with Gasteiger partial charge in [-0.3, -0.25) is 4.79 Å². The van der Waals surface area contributed by atoms with Gasteiger partial charge >= 0.3 is 6.18 Å². The van der Waals surface area contributed by atoms with E-state index in [0.29, 0.717) is 12.5 Å². The number of nitrogens with two attached hydrogens (primary N) is 1. The van der Waals surface area contributed by atoms with Crippen LogP contribution in [0.1, 0.15) is 38.2 Å². The summed E-state index contributed by atoms with van der Waals surface area (Å²) in [5, 5.41) is 2.94. The van der Waals surface area contributed by atoms with Crippen LogP contribution in [0.5, 0.6) is 0 Å². The van der Waals surface area contributed by atoms with Gasteiger partial charge < -0.3 is 11.1 Å². The second-order valence-corrected chi connectivity index (χ2v) is 9.80. The lowest BCUT2D eigenvalue weighted by Crippen LogP contribution is -2.47. The number of rotatable bonds is 6. The van der Waals surface area contributed by atoms with Gasteiger partial charge in [-0.2, -0.15) is 17.5 Å². The molecule has 1 aromatic carbocycles. The Kier molecular flexibility index (Phi) is 6.26. The SMILES string of the molecule is CCC[C@H](N)C(=O)N[C@@H]1CC[C@H]2CN(S(=O)(=O)c3cccc(C(F)(F)F)c3)C[C@H]21. The molecule has 1 aromatic rings. The van der Waals surface area contributed by atoms with Crippen LogP contribution in [0.3, 0.4) is 0 Å². The highest BCUT2D eigenvalue weighted by Gasteiger charge is 2.47. The molecule has 3 rings (SSSR count). The quantitative estimate of drug-likeness (QED) is 0.720. The Morgan fingerprint density at radius 2 is 2.03 bits per heavy atom. The van der Waals surface area contributed by atoms with E-state index in [1.807, 2.05) is 6.92 Å². The highest BCUT2D eigenvalue weighted by atomic mass is 32.2. The van der Waals surface area contributed by atoms with Gasteiger partial charge in [0.2, 0.25) is 15.9 Å². The molecule has 2 aliphatic rings. The lowest BCUT2D eigenvalue weighted by Gasteiger charge is -2.23. The van der Waals surface area contributed by atoms with Gasteiger partial charge in [0.15, 0.2) is 0 Å². The van der Waals surface area contributed by atoms with Crippen LogP contribution in [0.25, 0.3) is 0 Å². The summed E-state index contributed by atoms with van der Waals surface area (Å²) >= 11 is 0. The number of nitrogens with zero attached hydrogens (tertiary/aromatic N) is 1. The molecule has 0 unspecified atom stereocenters. The van der Waals surface area contributed by atoms with Gasteiger partial charge in [0.25, 0.3) is 0 Å². The van der Waals surface area contributed by atoms with Crippen LogP contribution in [-0.2, 0) is 21.0 Å². The average Bonchev–Trinajstić information content (AvgIpc) is 3.24. The summed E-state index contributed by atoms with van der Waals surface area (Å²) in [6.45, 7) is 2.36. The average molecular weight is 433 g/mol. The van der Waals surface area contributed by atoms with E-state index in [2.05, 4.69) is 5.32 Å². The first-order valence-corrected chi connectivity index (χ1v) is 11.2. The van der Waals surface area contributed by atoms with E-state index in [1.165, 1.54) is 10.4 Å². The molecule has 2 fully saturated rings. The highest BCUT2D eigenvalue weighted by Crippen LogP contribution is 2.40. The molecule has 1 aliphatic heterocycles. The summed E-state index contributed by atoms with van der Waals surface area (Å²) in [7, 11) is -4.04. The van der Waals surface area contributed by atoms with Crippen LogP contribution < -0.4 is 11.1 Å². The minimum absolute atomic E-state index is 0.0617. The molecule has 0 spiro atoms. The fourth-order valence-corrected chi connectivity index (χ4v) is 5.89. The van der Waals surface area contributed by atoms with Crippen LogP contribution in [0, 0.1) is 11.8 Å². The van der Waals surface area contributed by atoms with Crippen molar-refractivity contribution in [2.24, 2.45) is 17.6 Å². The van der Waals surface area contributed by atoms with Gasteiger partial charge in [0, 0.05) is 19.1 Å². The first kappa shape index (κ1) is 22.0. The number of alkyl halides is 3. The Morgan fingerprint density at radius 3 is 2.69 bits per heavy atom. The fourth-order valence-electron chi connectivity index (χ4n) is 4.31. The molecule has 6 nitrogen and oxygen atoms in total. The smallest absolute Gasteiger partial charge is 0.352 e. The minimum atomic E-state index is -4.61. The molecule has 0 bridgehead atoms. The molecule has 0 aromatic heterocycles. The molecule has 29 heavy (non-hydrogen) atoms. The summed E-state index contributed by atoms with van der Waals surface area (Å²) in [5.74, 6) is -0.228. The standard InChI is InChI=1S/C19H26F3N3O3S/c1-2-4-16(23)18(26)24-17-8-7-12-10-25(11-15(12)17)29(27,28)14-6-3-5-13(9-14)19(20,21)22/h3,5-6,9,12,15-17H,2,4,7-8,10-11,23H2,1H3,(H,24,26)/t12-,15+,16-,17+/m0/s1. The predicted molar refractivity (Wildman–Crippen MR) is 101 cm³/mol. The van der Waals surface area contributed by atoms with E-state index in [9.17, 15) is 26.4 Å². The summed E-state index contributed by atoms with van der Waals surface area (Å²) < 4.78 is 65.9. The Bertz CT molecular complexity index is 860. The largest absolute Gasteiger partial charge is 0.416 e. The van der Waals surface area contributed by atoms with Gasteiger partial charge in [-0.15, -0.1) is 0 Å². The first-order valence-electron chi connectivity index (χ1n) is 9.77. The summed E-state index contributed by atoms with van der Waals surface area (Å²) in [6, 6.07) is 3.05. The fraction of sp³-hybridized carbons (Fsp3) is 0.632. The highest BCUT2D eigenvalue weighted by molar-refractivity contribution is 7.89. The van der Waals surface area contributed by atoms with Crippen molar-refractivity contribution in [1.29, 1.82) is 0 Å². The maximum Gasteiger partial charge on any atom is 0.416 e. The third-order valence-corrected chi connectivity index (χ3v) is 7.71. The number of sulfonamides is 1. The second kappa shape index (κ2) is 8.23. The van der Waals surface area contributed by atoms with E-state index < -0.39 is 27.8 Å². The number of nitrogens with one attached hydrogen (secondary N) is 1. The number of benzene rings is 1. The molecule has 1 saturated carbocycles. The summed E-state index contributed by atoms with van der Waals surface area (Å²) in [6.07, 6.45) is -1.75. The zero-order valence-corrected chi connectivity index (χ0v) is 17.0. The molecule has 0 radical (unpaired) electrons. The van der Waals surface area contributed by atoms with E-state index >= 15 is 0 Å². The predicted octanol–water partition coefficient (Wildman–Crippen LogP) is 2.35. The molecule has 3 N–H and O–H groups in total. The number of fused-ring (bicyclic) bond motifs is 1. The molecular formula is C19H26F3N3O3S. The van der Waals surface area contributed by atoms with Gasteiger partial charge in [-0.25, -0.2) is 8.42 Å². The zero-order valence-electron chi connectivity index (χ0n) is 16.2. The number of carbonyl (C=O) groups is 1. The minimum Gasteiger partial charge on any atom is -0.352 e. The van der Waals surface area contributed by atoms with E-state index in [0.717, 1.165) is 31.4 Å². The number of halogens is 3. The Balaban J connectivity index is 1.72. The second-order valence-electron chi connectivity index (χ2n) is 7.86. The zero-order chi connectivity index (χ0) is 21.4. The number of carbonyl (C=O) groups excluding carboxylic acids is 1. The van der Waals surface area contributed by atoms with E-state index in [-0.39, 0.29) is 41.8 Å². The van der Waals surface area contributed by atoms with Gasteiger partial charge in [-0.05, 0) is 49.3 Å². The van der Waals surface area contributed by atoms with Crippen molar-refractivity contribution in [2.45, 2.75) is 55.8 Å². The van der Waals surface area contributed by atoms with E-state index in [4.69, 9.17) is 5.73 Å². The molecule has 1 amide bonds. The molecule has 1 heterocycles. The summed E-state index contributed by atoms with van der Waals surface area (Å²) in [5.41, 5.74) is 4.86. The van der Waals surface area contributed by atoms with Gasteiger partial charge in [0.05, 0.1) is 16.5 Å². The third kappa shape index (κ3) is 4.59. The van der Waals surface area contributed by atoms with Crippen molar-refractivity contribution >= 4 is 15.9 Å². The van der Waals surface area contributed by atoms with Crippen molar-refractivity contribution in [3.8, 4) is 0 Å². The van der Waals surface area contributed by atoms with Crippen molar-refractivity contribution in [3.05, 3.63) is 29.8 Å². The number of amides is 1. The molecule has 1 aliphatic carbocycles. The normalized spacial score (nSPS) is 26.3. The van der Waals surface area contributed by atoms with Gasteiger partial charge in [0.1, 0.15) is 0 Å².